The molecule has 0 saturated carbocycles. The molecule has 0 spiro atoms. The van der Waals surface area contributed by atoms with E-state index in [9.17, 15) is 13.6 Å². The molecule has 0 aromatic heterocycles. The monoisotopic (exact) mass is 278 g/mol. The molecule has 19 heavy (non-hydrogen) atoms. The lowest BCUT2D eigenvalue weighted by molar-refractivity contribution is 0.0994. The number of thioether (sulfide) groups is 1. The fourth-order valence-corrected chi connectivity index (χ4v) is 2.61. The fourth-order valence-electron chi connectivity index (χ4n) is 1.64. The molecule has 1 nitrogen and oxygen atoms in total. The normalized spacial score (nSPS) is 12.2. The number of carbonyl (C=O) groups excluding carboxylic acids is 1. The number of carbonyl (C=O) groups is 1. The molecule has 0 aliphatic heterocycles. The van der Waals surface area contributed by atoms with Gasteiger partial charge in [0.05, 0.1) is 5.25 Å². The van der Waals surface area contributed by atoms with Crippen LogP contribution >= 0.6 is 11.8 Å². The Balaban J connectivity index is 2.10. The zero-order valence-corrected chi connectivity index (χ0v) is 11.1. The van der Waals surface area contributed by atoms with Crippen molar-refractivity contribution in [2.45, 2.75) is 17.1 Å². The summed E-state index contributed by atoms with van der Waals surface area (Å²) in [5.74, 6) is -1.81. The lowest BCUT2D eigenvalue weighted by atomic mass is 10.1. The van der Waals surface area contributed by atoms with E-state index < -0.39 is 11.6 Å². The Bertz CT molecular complexity index is 584. The molecule has 0 fully saturated rings. The summed E-state index contributed by atoms with van der Waals surface area (Å²) < 4.78 is 25.9. The topological polar surface area (TPSA) is 17.1 Å². The summed E-state index contributed by atoms with van der Waals surface area (Å²) in [4.78, 5) is 12.6. The molecule has 0 amide bonds. The fraction of sp³-hybridized carbons (Fsp3) is 0.133. The lowest BCUT2D eigenvalue weighted by Crippen LogP contribution is -2.13. The van der Waals surface area contributed by atoms with Gasteiger partial charge in [0.25, 0.3) is 0 Å². The summed E-state index contributed by atoms with van der Waals surface area (Å²) in [6.07, 6.45) is 0. The van der Waals surface area contributed by atoms with Gasteiger partial charge >= 0.3 is 0 Å². The smallest absolute Gasteiger partial charge is 0.175 e. The third kappa shape index (κ3) is 3.41. The zero-order chi connectivity index (χ0) is 13.8. The van der Waals surface area contributed by atoms with Crippen LogP contribution in [0.1, 0.15) is 17.3 Å². The van der Waals surface area contributed by atoms with Crippen molar-refractivity contribution in [2.75, 3.05) is 0 Å². The molecule has 2 aromatic rings. The Labute approximate surface area is 114 Å². The minimum atomic E-state index is -0.899. The van der Waals surface area contributed by atoms with Crippen LogP contribution in [0.15, 0.2) is 53.4 Å². The lowest BCUT2D eigenvalue weighted by Gasteiger charge is -2.10. The molecule has 2 aromatic carbocycles. The Kier molecular flexibility index (Phi) is 4.32. The van der Waals surface area contributed by atoms with Gasteiger partial charge in [0, 0.05) is 10.5 Å². The second kappa shape index (κ2) is 5.97. The SMILES string of the molecule is CC(Sc1ccc(F)c(F)c1)C(=O)c1ccccc1. The van der Waals surface area contributed by atoms with Gasteiger partial charge in [-0.2, -0.15) is 0 Å². The Morgan fingerprint density at radius 1 is 1.05 bits per heavy atom. The highest BCUT2D eigenvalue weighted by atomic mass is 32.2. The van der Waals surface area contributed by atoms with Crippen molar-refractivity contribution < 1.29 is 13.6 Å². The van der Waals surface area contributed by atoms with Crippen molar-refractivity contribution >= 4 is 17.5 Å². The van der Waals surface area contributed by atoms with Crippen molar-refractivity contribution in [1.82, 2.24) is 0 Å². The van der Waals surface area contributed by atoms with E-state index >= 15 is 0 Å². The molecule has 0 bridgehead atoms. The summed E-state index contributed by atoms with van der Waals surface area (Å²) in [6, 6.07) is 12.5. The molecule has 0 heterocycles. The highest BCUT2D eigenvalue weighted by Gasteiger charge is 2.16. The summed E-state index contributed by atoms with van der Waals surface area (Å²) in [7, 11) is 0. The van der Waals surface area contributed by atoms with E-state index in [0.717, 1.165) is 12.1 Å². The van der Waals surface area contributed by atoms with Gasteiger partial charge in [-0.15, -0.1) is 11.8 Å². The average Bonchev–Trinajstić information content (AvgIpc) is 2.43. The minimum Gasteiger partial charge on any atom is -0.293 e. The van der Waals surface area contributed by atoms with E-state index in [0.29, 0.717) is 10.5 Å². The van der Waals surface area contributed by atoms with E-state index in [2.05, 4.69) is 0 Å². The first kappa shape index (κ1) is 13.7. The van der Waals surface area contributed by atoms with Gasteiger partial charge in [-0.3, -0.25) is 4.79 Å². The van der Waals surface area contributed by atoms with Gasteiger partial charge < -0.3 is 0 Å². The Hall–Kier alpha value is -1.68. The predicted octanol–water partition coefficient (Wildman–Crippen LogP) is 4.33. The number of Topliss-reactive ketones (excluding diaryl/α,β-unsaturated/α-hetero) is 1. The van der Waals surface area contributed by atoms with Crippen LogP contribution in [0, 0.1) is 11.6 Å². The highest BCUT2D eigenvalue weighted by Crippen LogP contribution is 2.26. The predicted molar refractivity (Wildman–Crippen MR) is 72.4 cm³/mol. The number of hydrogen-bond acceptors (Lipinski definition) is 2. The molecule has 98 valence electrons. The maximum atomic E-state index is 13.1. The van der Waals surface area contributed by atoms with Crippen LogP contribution in [0.3, 0.4) is 0 Å². The summed E-state index contributed by atoms with van der Waals surface area (Å²) in [6.45, 7) is 1.75. The van der Waals surface area contributed by atoms with Gasteiger partial charge in [0.15, 0.2) is 17.4 Å². The second-order valence-corrected chi connectivity index (χ2v) is 5.48. The van der Waals surface area contributed by atoms with Crippen molar-refractivity contribution in [3.63, 3.8) is 0 Å². The average molecular weight is 278 g/mol. The van der Waals surface area contributed by atoms with Gasteiger partial charge in [-0.05, 0) is 25.1 Å². The van der Waals surface area contributed by atoms with Crippen LogP contribution in [0.5, 0.6) is 0 Å². The van der Waals surface area contributed by atoms with E-state index in [4.69, 9.17) is 0 Å². The third-order valence-electron chi connectivity index (χ3n) is 2.63. The van der Waals surface area contributed by atoms with E-state index in [1.807, 2.05) is 6.07 Å². The first-order chi connectivity index (χ1) is 9.08. The molecule has 4 heteroatoms. The standard InChI is InChI=1S/C15H12F2OS/c1-10(15(18)11-5-3-2-4-6-11)19-12-7-8-13(16)14(17)9-12/h2-10H,1H3. The van der Waals surface area contributed by atoms with Crippen LogP contribution in [0.25, 0.3) is 0 Å². The summed E-state index contributed by atoms with van der Waals surface area (Å²) in [5, 5.41) is -0.354. The first-order valence-electron chi connectivity index (χ1n) is 5.79. The zero-order valence-electron chi connectivity index (χ0n) is 10.3. The van der Waals surface area contributed by atoms with Crippen LogP contribution in [0.2, 0.25) is 0 Å². The van der Waals surface area contributed by atoms with Crippen molar-refractivity contribution in [3.8, 4) is 0 Å². The molecule has 0 radical (unpaired) electrons. The number of hydrogen-bond donors (Lipinski definition) is 0. The molecule has 2 rings (SSSR count). The van der Waals surface area contributed by atoms with E-state index in [1.54, 1.807) is 31.2 Å². The maximum absolute atomic E-state index is 13.1. The Morgan fingerprint density at radius 2 is 1.74 bits per heavy atom. The summed E-state index contributed by atoms with van der Waals surface area (Å²) in [5.41, 5.74) is 0.616. The van der Waals surface area contributed by atoms with Crippen LogP contribution in [0.4, 0.5) is 8.78 Å². The van der Waals surface area contributed by atoms with Gasteiger partial charge in [0.1, 0.15) is 0 Å². The Morgan fingerprint density at radius 3 is 2.37 bits per heavy atom. The van der Waals surface area contributed by atoms with Crippen molar-refractivity contribution in [1.29, 1.82) is 0 Å². The molecule has 0 aliphatic rings. The van der Waals surface area contributed by atoms with Gasteiger partial charge in [-0.1, -0.05) is 30.3 Å². The molecule has 0 aliphatic carbocycles. The van der Waals surface area contributed by atoms with Crippen LogP contribution in [-0.4, -0.2) is 11.0 Å². The summed E-state index contributed by atoms with van der Waals surface area (Å²) >= 11 is 1.21. The van der Waals surface area contributed by atoms with E-state index in [1.165, 1.54) is 17.8 Å². The quantitative estimate of drug-likeness (QED) is 0.611. The van der Waals surface area contributed by atoms with Gasteiger partial charge in [-0.25, -0.2) is 8.78 Å². The van der Waals surface area contributed by atoms with Crippen molar-refractivity contribution in [2.24, 2.45) is 0 Å². The molecule has 1 unspecified atom stereocenters. The molecular weight excluding hydrogens is 266 g/mol. The molecule has 1 atom stereocenters. The molecule has 0 saturated heterocycles. The van der Waals surface area contributed by atoms with Crippen molar-refractivity contribution in [3.05, 3.63) is 65.7 Å². The second-order valence-electron chi connectivity index (χ2n) is 4.07. The number of halogens is 2. The number of ketones is 1. The largest absolute Gasteiger partial charge is 0.293 e. The highest BCUT2D eigenvalue weighted by molar-refractivity contribution is 8.00. The van der Waals surface area contributed by atoms with Crippen LogP contribution < -0.4 is 0 Å². The van der Waals surface area contributed by atoms with E-state index in [-0.39, 0.29) is 11.0 Å². The van der Waals surface area contributed by atoms with Crippen LogP contribution in [-0.2, 0) is 0 Å². The number of benzene rings is 2. The van der Waals surface area contributed by atoms with Gasteiger partial charge in [0.2, 0.25) is 0 Å². The minimum absolute atomic E-state index is 0.0321. The first-order valence-corrected chi connectivity index (χ1v) is 6.67. The molecule has 0 N–H and O–H groups in total. The third-order valence-corrected chi connectivity index (χ3v) is 3.73. The maximum Gasteiger partial charge on any atom is 0.175 e. The number of rotatable bonds is 4. The molecular formula is C15H12F2OS.